The maximum atomic E-state index is 13.1. The fraction of sp³-hybridized carbons (Fsp3) is 0.417. The molecule has 2 aromatic carbocycles. The summed E-state index contributed by atoms with van der Waals surface area (Å²) in [7, 11) is -0.476. The summed E-state index contributed by atoms with van der Waals surface area (Å²) in [5.41, 5.74) is 2.89. The van der Waals surface area contributed by atoms with Crippen LogP contribution < -0.4 is 5.32 Å². The lowest BCUT2D eigenvalue weighted by Crippen LogP contribution is -2.33. The van der Waals surface area contributed by atoms with Crippen LogP contribution in [0.1, 0.15) is 29.5 Å². The van der Waals surface area contributed by atoms with Crippen molar-refractivity contribution in [2.75, 3.05) is 32.5 Å². The number of carbonyl (C=O) groups excluding carboxylic acids is 1. The fourth-order valence-corrected chi connectivity index (χ4v) is 5.52. The summed E-state index contributed by atoms with van der Waals surface area (Å²) < 4.78 is 30.0. The Hall–Kier alpha value is -2.42. The summed E-state index contributed by atoms with van der Waals surface area (Å²) >= 11 is 6.19. The van der Waals surface area contributed by atoms with E-state index >= 15 is 0 Å². The zero-order valence-electron chi connectivity index (χ0n) is 18.9. The van der Waals surface area contributed by atoms with Gasteiger partial charge in [-0.2, -0.15) is 8.42 Å². The fourth-order valence-electron chi connectivity index (χ4n) is 4.07. The highest BCUT2D eigenvalue weighted by atomic mass is 35.5. The van der Waals surface area contributed by atoms with Gasteiger partial charge in [-0.3, -0.25) is 9.69 Å². The van der Waals surface area contributed by atoms with Gasteiger partial charge in [-0.1, -0.05) is 29.8 Å². The number of amides is 1. The Morgan fingerprint density at radius 3 is 2.73 bits per heavy atom. The smallest absolute Gasteiger partial charge is 0.284 e. The van der Waals surface area contributed by atoms with E-state index in [1.54, 1.807) is 31.1 Å². The SMILES string of the molecule is CN(C)C=NS(=O)(=O)c1cc(NC(=O)Cc2ccccc2Cl)cc2c1CCN(CC1CC1)C2. The first-order chi connectivity index (χ1) is 15.7. The number of anilines is 1. The first-order valence-electron chi connectivity index (χ1n) is 11.1. The number of fused-ring (bicyclic) bond motifs is 1. The topological polar surface area (TPSA) is 82.1 Å². The van der Waals surface area contributed by atoms with Crippen molar-refractivity contribution >= 4 is 39.6 Å². The van der Waals surface area contributed by atoms with Crippen molar-refractivity contribution < 1.29 is 13.2 Å². The summed E-state index contributed by atoms with van der Waals surface area (Å²) in [6.45, 7) is 2.52. The highest BCUT2D eigenvalue weighted by molar-refractivity contribution is 7.90. The normalized spacial score (nSPS) is 16.6. The Bertz CT molecular complexity index is 1180. The molecule has 0 unspecified atom stereocenters. The molecule has 0 radical (unpaired) electrons. The number of hydrogen-bond donors (Lipinski definition) is 1. The second-order valence-electron chi connectivity index (χ2n) is 9.02. The van der Waals surface area contributed by atoms with Gasteiger partial charge in [0.25, 0.3) is 10.0 Å². The number of nitrogens with one attached hydrogen (secondary N) is 1. The van der Waals surface area contributed by atoms with Gasteiger partial charge in [0.15, 0.2) is 0 Å². The third-order valence-electron chi connectivity index (χ3n) is 5.87. The molecule has 1 N–H and O–H groups in total. The minimum atomic E-state index is -3.91. The average Bonchev–Trinajstić information content (AvgIpc) is 3.57. The van der Waals surface area contributed by atoms with Gasteiger partial charge < -0.3 is 10.2 Å². The van der Waals surface area contributed by atoms with E-state index < -0.39 is 10.0 Å². The Morgan fingerprint density at radius 2 is 2.03 bits per heavy atom. The van der Waals surface area contributed by atoms with Crippen molar-refractivity contribution in [2.45, 2.75) is 37.1 Å². The van der Waals surface area contributed by atoms with E-state index in [2.05, 4.69) is 14.6 Å². The summed E-state index contributed by atoms with van der Waals surface area (Å²) in [6, 6.07) is 10.6. The van der Waals surface area contributed by atoms with Crippen molar-refractivity contribution in [2.24, 2.45) is 10.3 Å². The summed E-state index contributed by atoms with van der Waals surface area (Å²) in [4.78, 5) is 16.8. The molecular weight excluding hydrogens is 460 g/mol. The molecule has 1 aliphatic carbocycles. The lowest BCUT2D eigenvalue weighted by molar-refractivity contribution is -0.115. The minimum Gasteiger partial charge on any atom is -0.368 e. The van der Waals surface area contributed by atoms with Crippen molar-refractivity contribution in [3.8, 4) is 0 Å². The first kappa shape index (κ1) is 23.7. The van der Waals surface area contributed by atoms with Crippen molar-refractivity contribution in [3.63, 3.8) is 0 Å². The molecule has 1 heterocycles. The molecule has 33 heavy (non-hydrogen) atoms. The second-order valence-corrected chi connectivity index (χ2v) is 11.0. The number of rotatable bonds is 8. The molecule has 9 heteroatoms. The van der Waals surface area contributed by atoms with Crippen LogP contribution >= 0.6 is 11.6 Å². The van der Waals surface area contributed by atoms with Gasteiger partial charge in [0.1, 0.15) is 6.34 Å². The number of benzene rings is 2. The average molecular weight is 489 g/mol. The zero-order chi connectivity index (χ0) is 23.6. The van der Waals surface area contributed by atoms with E-state index in [-0.39, 0.29) is 17.2 Å². The molecule has 0 bridgehead atoms. The van der Waals surface area contributed by atoms with Crippen LogP contribution in [0.4, 0.5) is 5.69 Å². The van der Waals surface area contributed by atoms with Crippen LogP contribution in [-0.4, -0.2) is 57.6 Å². The third-order valence-corrected chi connectivity index (χ3v) is 7.53. The van der Waals surface area contributed by atoms with Crippen molar-refractivity contribution in [1.82, 2.24) is 9.80 Å². The number of carbonyl (C=O) groups is 1. The second kappa shape index (κ2) is 9.83. The van der Waals surface area contributed by atoms with Crippen molar-refractivity contribution in [3.05, 3.63) is 58.1 Å². The molecule has 0 atom stereocenters. The minimum absolute atomic E-state index is 0.103. The van der Waals surface area contributed by atoms with Gasteiger partial charge in [0.2, 0.25) is 5.91 Å². The van der Waals surface area contributed by atoms with Crippen LogP contribution in [0.5, 0.6) is 0 Å². The van der Waals surface area contributed by atoms with Gasteiger partial charge in [-0.25, -0.2) is 0 Å². The van der Waals surface area contributed by atoms with E-state index in [0.29, 0.717) is 29.2 Å². The molecule has 7 nitrogen and oxygen atoms in total. The van der Waals surface area contributed by atoms with Crippen LogP contribution in [0.3, 0.4) is 0 Å². The molecule has 2 aromatic rings. The highest BCUT2D eigenvalue weighted by Crippen LogP contribution is 2.34. The van der Waals surface area contributed by atoms with E-state index in [9.17, 15) is 13.2 Å². The summed E-state index contributed by atoms with van der Waals surface area (Å²) in [6.07, 6.45) is 4.56. The summed E-state index contributed by atoms with van der Waals surface area (Å²) in [5, 5.41) is 3.39. The highest BCUT2D eigenvalue weighted by Gasteiger charge is 2.29. The molecule has 1 amide bonds. The Labute approximate surface area is 200 Å². The third kappa shape index (κ3) is 6.13. The van der Waals surface area contributed by atoms with Crippen LogP contribution in [0.2, 0.25) is 5.02 Å². The predicted octanol–water partition coefficient (Wildman–Crippen LogP) is 3.57. The van der Waals surface area contributed by atoms with Crippen molar-refractivity contribution in [1.29, 1.82) is 0 Å². The maximum Gasteiger partial charge on any atom is 0.284 e. The lowest BCUT2D eigenvalue weighted by Gasteiger charge is -2.30. The van der Waals surface area contributed by atoms with Crippen LogP contribution in [-0.2, 0) is 34.2 Å². The zero-order valence-corrected chi connectivity index (χ0v) is 20.5. The Kier molecular flexibility index (Phi) is 7.07. The first-order valence-corrected chi connectivity index (χ1v) is 12.9. The molecule has 4 rings (SSSR count). The molecule has 2 aliphatic rings. The number of nitrogens with zero attached hydrogens (tertiary/aromatic N) is 3. The standard InChI is InChI=1S/C24H29ClN4O3S/c1-28(2)16-26-33(31,32)23-13-20(27-24(30)12-18-5-3-4-6-22(18)25)11-19-15-29(10-9-21(19)23)14-17-7-8-17/h3-6,11,13,16-17H,7-10,12,14-15H2,1-2H3,(H,27,30). The monoisotopic (exact) mass is 488 g/mol. The van der Waals surface area contributed by atoms with E-state index in [0.717, 1.165) is 30.1 Å². The Balaban J connectivity index is 1.63. The molecule has 1 saturated carbocycles. The number of hydrogen-bond acceptors (Lipinski definition) is 4. The predicted molar refractivity (Wildman–Crippen MR) is 131 cm³/mol. The largest absolute Gasteiger partial charge is 0.368 e. The summed E-state index contributed by atoms with van der Waals surface area (Å²) in [5.74, 6) is 0.492. The molecule has 0 spiro atoms. The van der Waals surface area contributed by atoms with Gasteiger partial charge in [-0.15, -0.1) is 4.40 Å². The Morgan fingerprint density at radius 1 is 1.27 bits per heavy atom. The lowest BCUT2D eigenvalue weighted by atomic mass is 9.98. The van der Waals surface area contributed by atoms with Gasteiger partial charge in [0.05, 0.1) is 11.3 Å². The molecule has 176 valence electrons. The van der Waals surface area contributed by atoms with Crippen LogP contribution in [0.15, 0.2) is 45.7 Å². The molecule has 1 aliphatic heterocycles. The number of halogens is 1. The van der Waals surface area contributed by atoms with Crippen LogP contribution in [0, 0.1) is 5.92 Å². The van der Waals surface area contributed by atoms with Gasteiger partial charge in [-0.05, 0) is 60.1 Å². The van der Waals surface area contributed by atoms with E-state index in [4.69, 9.17) is 11.6 Å². The van der Waals surface area contributed by atoms with Gasteiger partial charge in [0, 0.05) is 44.4 Å². The molecule has 1 fully saturated rings. The molecule has 0 aromatic heterocycles. The van der Waals surface area contributed by atoms with Crippen LogP contribution in [0.25, 0.3) is 0 Å². The number of sulfonamides is 1. The quantitative estimate of drug-likeness (QED) is 0.453. The maximum absolute atomic E-state index is 13.1. The van der Waals surface area contributed by atoms with E-state index in [1.807, 2.05) is 18.2 Å². The molecular formula is C24H29ClN4O3S. The van der Waals surface area contributed by atoms with E-state index in [1.165, 1.54) is 25.2 Å². The molecule has 0 saturated heterocycles. The van der Waals surface area contributed by atoms with Gasteiger partial charge >= 0.3 is 0 Å².